The Bertz CT molecular complexity index is 565. The first-order valence-electron chi connectivity index (χ1n) is 4.89. The highest BCUT2D eigenvalue weighted by Crippen LogP contribution is 2.24. The van der Waals surface area contributed by atoms with Crippen LogP contribution in [0.1, 0.15) is 15.2 Å². The van der Waals surface area contributed by atoms with Crippen LogP contribution in [0.15, 0.2) is 38.6 Å². The number of nitrogens with one attached hydrogen (secondary N) is 1. The molecule has 0 fully saturated rings. The Morgan fingerprint density at radius 3 is 2.59 bits per heavy atom. The van der Waals surface area contributed by atoms with Crippen molar-refractivity contribution in [2.75, 3.05) is 5.32 Å². The Morgan fingerprint density at radius 2 is 2.00 bits per heavy atom. The quantitative estimate of drug-likeness (QED) is 0.800. The average Bonchev–Trinajstić information content (AvgIpc) is 2.70. The number of amides is 1. The molecule has 1 aromatic carbocycles. The maximum Gasteiger partial charge on any atom is 0.265 e. The van der Waals surface area contributed by atoms with Crippen molar-refractivity contribution >= 4 is 54.8 Å². The van der Waals surface area contributed by atoms with Gasteiger partial charge in [0.05, 0.1) is 8.66 Å². The van der Waals surface area contributed by atoms with E-state index in [2.05, 4.69) is 37.2 Å². The number of benzene rings is 1. The van der Waals surface area contributed by atoms with Crippen LogP contribution in [0, 0.1) is 6.92 Å². The van der Waals surface area contributed by atoms with E-state index in [9.17, 15) is 4.79 Å². The van der Waals surface area contributed by atoms with Crippen molar-refractivity contribution in [1.29, 1.82) is 0 Å². The lowest BCUT2D eigenvalue weighted by molar-refractivity contribution is 0.103. The Balaban J connectivity index is 2.15. The van der Waals surface area contributed by atoms with Crippen LogP contribution >= 0.6 is 43.2 Å². The van der Waals surface area contributed by atoms with Crippen LogP contribution < -0.4 is 5.32 Å². The molecule has 0 saturated heterocycles. The minimum Gasteiger partial charge on any atom is -0.321 e. The van der Waals surface area contributed by atoms with Crippen LogP contribution in [0.3, 0.4) is 0 Å². The molecule has 17 heavy (non-hydrogen) atoms. The molecule has 2 aromatic rings. The molecule has 2 rings (SSSR count). The summed E-state index contributed by atoms with van der Waals surface area (Å²) in [5.74, 6) is -0.0811. The second kappa shape index (κ2) is 5.33. The zero-order valence-corrected chi connectivity index (χ0v) is 12.9. The first kappa shape index (κ1) is 12.8. The van der Waals surface area contributed by atoms with Gasteiger partial charge in [-0.15, -0.1) is 11.3 Å². The van der Waals surface area contributed by atoms with Gasteiger partial charge in [0.25, 0.3) is 5.91 Å². The number of anilines is 1. The Kier molecular flexibility index (Phi) is 4.01. The van der Waals surface area contributed by atoms with Gasteiger partial charge in [-0.3, -0.25) is 4.79 Å². The number of thiophene rings is 1. The molecule has 88 valence electrons. The van der Waals surface area contributed by atoms with Gasteiger partial charge >= 0.3 is 0 Å². The summed E-state index contributed by atoms with van der Waals surface area (Å²) in [6.45, 7) is 1.99. The second-order valence-corrected chi connectivity index (χ2v) is 6.84. The largest absolute Gasteiger partial charge is 0.321 e. The van der Waals surface area contributed by atoms with Gasteiger partial charge in [0.15, 0.2) is 0 Å². The molecule has 0 saturated carbocycles. The van der Waals surface area contributed by atoms with E-state index < -0.39 is 0 Å². The molecule has 0 aliphatic carbocycles. The van der Waals surface area contributed by atoms with E-state index in [4.69, 9.17) is 0 Å². The van der Waals surface area contributed by atoms with Crippen LogP contribution in [-0.4, -0.2) is 5.91 Å². The van der Waals surface area contributed by atoms with E-state index in [1.54, 1.807) is 6.07 Å². The fraction of sp³-hybridized carbons (Fsp3) is 0.0833. The summed E-state index contributed by atoms with van der Waals surface area (Å²) in [6, 6.07) is 9.40. The maximum absolute atomic E-state index is 11.9. The standard InChI is InChI=1S/C12H9Br2NOS/c1-7-6-8(2-3-9(7)13)15-12(16)10-4-5-11(14)17-10/h2-6H,1H3,(H,15,16). The van der Waals surface area contributed by atoms with Crippen molar-refractivity contribution in [2.24, 2.45) is 0 Å². The van der Waals surface area contributed by atoms with Crippen molar-refractivity contribution in [3.05, 3.63) is 49.0 Å². The lowest BCUT2D eigenvalue weighted by Gasteiger charge is -2.05. The van der Waals surface area contributed by atoms with Gasteiger partial charge in [0.2, 0.25) is 0 Å². The Hall–Kier alpha value is -0.650. The van der Waals surface area contributed by atoms with E-state index in [1.807, 2.05) is 31.2 Å². The summed E-state index contributed by atoms with van der Waals surface area (Å²) < 4.78 is 1.99. The summed E-state index contributed by atoms with van der Waals surface area (Å²) in [6.07, 6.45) is 0. The number of rotatable bonds is 2. The van der Waals surface area contributed by atoms with Crippen LogP contribution in [0.2, 0.25) is 0 Å². The molecule has 0 radical (unpaired) electrons. The number of carbonyl (C=O) groups is 1. The number of hydrogen-bond acceptors (Lipinski definition) is 2. The van der Waals surface area contributed by atoms with Crippen molar-refractivity contribution in [3.63, 3.8) is 0 Å². The molecule has 0 aliphatic rings. The molecular formula is C12H9Br2NOS. The van der Waals surface area contributed by atoms with Crippen molar-refractivity contribution in [2.45, 2.75) is 6.92 Å². The summed E-state index contributed by atoms with van der Waals surface area (Å²) in [5, 5.41) is 2.87. The highest BCUT2D eigenvalue weighted by Gasteiger charge is 2.09. The van der Waals surface area contributed by atoms with Crippen LogP contribution in [-0.2, 0) is 0 Å². The first-order valence-corrected chi connectivity index (χ1v) is 7.29. The zero-order chi connectivity index (χ0) is 12.4. The average molecular weight is 375 g/mol. The highest BCUT2D eigenvalue weighted by atomic mass is 79.9. The van der Waals surface area contributed by atoms with Crippen molar-refractivity contribution in [1.82, 2.24) is 0 Å². The maximum atomic E-state index is 11.9. The molecule has 1 aromatic heterocycles. The first-order chi connectivity index (χ1) is 8.06. The number of aryl methyl sites for hydroxylation is 1. The molecule has 0 aliphatic heterocycles. The third kappa shape index (κ3) is 3.18. The fourth-order valence-corrected chi connectivity index (χ4v) is 2.88. The van der Waals surface area contributed by atoms with Gasteiger partial charge in [-0.1, -0.05) is 15.9 Å². The third-order valence-corrected chi connectivity index (χ3v) is 4.72. The van der Waals surface area contributed by atoms with Gasteiger partial charge in [0, 0.05) is 10.2 Å². The Labute approximate surface area is 120 Å². The molecule has 0 unspecified atom stereocenters. The summed E-state index contributed by atoms with van der Waals surface area (Å²) >= 11 is 8.18. The molecule has 0 spiro atoms. The molecule has 5 heteroatoms. The minimum absolute atomic E-state index is 0.0811. The van der Waals surface area contributed by atoms with Crippen molar-refractivity contribution < 1.29 is 4.79 Å². The SMILES string of the molecule is Cc1cc(NC(=O)c2ccc(Br)s2)ccc1Br. The van der Waals surface area contributed by atoms with Gasteiger partial charge in [-0.25, -0.2) is 0 Å². The topological polar surface area (TPSA) is 29.1 Å². The molecule has 0 atom stereocenters. The summed E-state index contributed by atoms with van der Waals surface area (Å²) in [4.78, 5) is 12.6. The number of hydrogen-bond donors (Lipinski definition) is 1. The van der Waals surface area contributed by atoms with E-state index in [0.717, 1.165) is 19.5 Å². The van der Waals surface area contributed by atoms with Crippen LogP contribution in [0.4, 0.5) is 5.69 Å². The molecule has 1 N–H and O–H groups in total. The molecule has 1 heterocycles. The van der Waals surface area contributed by atoms with E-state index in [-0.39, 0.29) is 5.91 Å². The third-order valence-electron chi connectivity index (χ3n) is 2.21. The zero-order valence-electron chi connectivity index (χ0n) is 8.96. The minimum atomic E-state index is -0.0811. The van der Waals surface area contributed by atoms with E-state index >= 15 is 0 Å². The smallest absolute Gasteiger partial charge is 0.265 e. The van der Waals surface area contributed by atoms with E-state index in [0.29, 0.717) is 4.88 Å². The molecule has 1 amide bonds. The molecule has 2 nitrogen and oxygen atoms in total. The number of halogens is 2. The highest BCUT2D eigenvalue weighted by molar-refractivity contribution is 9.11. The second-order valence-electron chi connectivity index (χ2n) is 3.52. The van der Waals surface area contributed by atoms with Gasteiger partial charge in [0.1, 0.15) is 0 Å². The fourth-order valence-electron chi connectivity index (χ4n) is 1.35. The summed E-state index contributed by atoms with van der Waals surface area (Å²) in [5.41, 5.74) is 1.90. The molecular weight excluding hydrogens is 366 g/mol. The molecule has 0 bridgehead atoms. The monoisotopic (exact) mass is 373 g/mol. The Morgan fingerprint density at radius 1 is 1.24 bits per heavy atom. The van der Waals surface area contributed by atoms with E-state index in [1.165, 1.54) is 11.3 Å². The van der Waals surface area contributed by atoms with Gasteiger partial charge in [-0.05, 0) is 58.7 Å². The normalized spacial score (nSPS) is 10.3. The summed E-state index contributed by atoms with van der Waals surface area (Å²) in [7, 11) is 0. The lowest BCUT2D eigenvalue weighted by atomic mass is 10.2. The predicted molar refractivity (Wildman–Crippen MR) is 78.9 cm³/mol. The van der Waals surface area contributed by atoms with Gasteiger partial charge in [-0.2, -0.15) is 0 Å². The van der Waals surface area contributed by atoms with Gasteiger partial charge < -0.3 is 5.32 Å². The number of carbonyl (C=O) groups excluding carboxylic acids is 1. The van der Waals surface area contributed by atoms with Crippen LogP contribution in [0.5, 0.6) is 0 Å². The predicted octanol–water partition coefficient (Wildman–Crippen LogP) is 4.83. The van der Waals surface area contributed by atoms with Crippen LogP contribution in [0.25, 0.3) is 0 Å². The van der Waals surface area contributed by atoms with Crippen molar-refractivity contribution in [3.8, 4) is 0 Å². The lowest BCUT2D eigenvalue weighted by Crippen LogP contribution is -2.10.